The van der Waals surface area contributed by atoms with Gasteiger partial charge in [0.05, 0.1) is 0 Å². The van der Waals surface area contributed by atoms with Crippen LogP contribution in [0.4, 0.5) is 0 Å². The molecule has 2 aromatic rings. The lowest BCUT2D eigenvalue weighted by Crippen LogP contribution is -2.73. The van der Waals surface area contributed by atoms with E-state index in [9.17, 15) is 9.59 Å². The SMILES string of the molecule is O=C1C(c2ccccc2)(C2CC2)C(=O)C1(c1ccccc1)C1CC1. The lowest BCUT2D eigenvalue weighted by Gasteiger charge is -2.54. The molecule has 3 aliphatic rings. The standard InChI is InChI=1S/C22H20O2/c23-19-21(17-11-12-17,15-7-3-1-4-8-15)20(24)22(19,18-13-14-18)16-9-5-2-6-10-16/h1-10,17-18H,11-14H2. The minimum Gasteiger partial charge on any atom is -0.297 e. The van der Waals surface area contributed by atoms with E-state index in [1.807, 2.05) is 60.7 Å². The predicted molar refractivity (Wildman–Crippen MR) is 91.7 cm³/mol. The monoisotopic (exact) mass is 316 g/mol. The van der Waals surface area contributed by atoms with Crippen LogP contribution in [0.5, 0.6) is 0 Å². The van der Waals surface area contributed by atoms with Gasteiger partial charge in [0, 0.05) is 0 Å². The highest BCUT2D eigenvalue weighted by atomic mass is 16.2. The molecule has 0 amide bonds. The van der Waals surface area contributed by atoms with Gasteiger partial charge in [-0.1, -0.05) is 60.7 Å². The van der Waals surface area contributed by atoms with Crippen LogP contribution in [-0.2, 0) is 20.4 Å². The van der Waals surface area contributed by atoms with Crippen LogP contribution >= 0.6 is 0 Å². The highest BCUT2D eigenvalue weighted by Gasteiger charge is 2.79. The van der Waals surface area contributed by atoms with Gasteiger partial charge in [0.15, 0.2) is 11.6 Å². The van der Waals surface area contributed by atoms with Gasteiger partial charge in [-0.25, -0.2) is 0 Å². The molecule has 0 unspecified atom stereocenters. The van der Waals surface area contributed by atoms with Crippen LogP contribution in [0.2, 0.25) is 0 Å². The molecule has 0 heterocycles. The molecule has 0 atom stereocenters. The number of Topliss-reactive ketones (excluding diaryl/α,β-unsaturated/α-hetero) is 2. The molecule has 0 saturated heterocycles. The van der Waals surface area contributed by atoms with Gasteiger partial charge in [-0.2, -0.15) is 0 Å². The predicted octanol–water partition coefficient (Wildman–Crippen LogP) is 3.83. The van der Waals surface area contributed by atoms with Crippen molar-refractivity contribution >= 4 is 11.6 Å². The maximum absolute atomic E-state index is 13.8. The number of carbonyl (C=O) groups is 2. The van der Waals surface area contributed by atoms with Crippen molar-refractivity contribution in [1.29, 1.82) is 0 Å². The fourth-order valence-electron chi connectivity index (χ4n) is 4.94. The average Bonchev–Trinajstić information content (AvgIpc) is 3.52. The van der Waals surface area contributed by atoms with Gasteiger partial charge in [0.2, 0.25) is 0 Å². The Morgan fingerprint density at radius 1 is 0.583 bits per heavy atom. The number of rotatable bonds is 4. The Hall–Kier alpha value is -2.22. The van der Waals surface area contributed by atoms with Crippen LogP contribution in [0.1, 0.15) is 36.8 Å². The van der Waals surface area contributed by atoms with Crippen molar-refractivity contribution in [3.63, 3.8) is 0 Å². The fourth-order valence-corrected chi connectivity index (χ4v) is 4.94. The normalized spacial score (nSPS) is 32.5. The van der Waals surface area contributed by atoms with Crippen molar-refractivity contribution in [2.24, 2.45) is 11.8 Å². The van der Waals surface area contributed by atoms with E-state index in [1.165, 1.54) is 0 Å². The molecule has 120 valence electrons. The molecule has 0 aliphatic heterocycles. The first-order chi connectivity index (χ1) is 11.7. The third-order valence-corrected chi connectivity index (χ3v) is 6.27. The molecule has 24 heavy (non-hydrogen) atoms. The largest absolute Gasteiger partial charge is 0.297 e. The summed E-state index contributed by atoms with van der Waals surface area (Å²) in [5.74, 6) is 0.746. The Kier molecular flexibility index (Phi) is 2.75. The molecule has 2 aromatic carbocycles. The Balaban J connectivity index is 1.69. The number of ketones is 2. The van der Waals surface area contributed by atoms with Gasteiger partial charge in [0.1, 0.15) is 10.8 Å². The number of benzene rings is 2. The Labute approximate surface area is 141 Å². The van der Waals surface area contributed by atoms with Gasteiger partial charge >= 0.3 is 0 Å². The average molecular weight is 316 g/mol. The van der Waals surface area contributed by atoms with E-state index < -0.39 is 10.8 Å². The summed E-state index contributed by atoms with van der Waals surface area (Å²) in [4.78, 5) is 27.5. The highest BCUT2D eigenvalue weighted by Crippen LogP contribution is 2.66. The molecule has 3 aliphatic carbocycles. The molecule has 0 spiro atoms. The summed E-state index contributed by atoms with van der Waals surface area (Å²) < 4.78 is 0. The fraction of sp³-hybridized carbons (Fsp3) is 0.364. The minimum absolute atomic E-state index is 0.169. The van der Waals surface area contributed by atoms with Crippen molar-refractivity contribution < 1.29 is 9.59 Å². The summed E-state index contributed by atoms with van der Waals surface area (Å²) in [6.07, 6.45) is 3.95. The summed E-state index contributed by atoms with van der Waals surface area (Å²) in [5.41, 5.74) is 0.0729. The molecule has 3 fully saturated rings. The summed E-state index contributed by atoms with van der Waals surface area (Å²) >= 11 is 0. The van der Waals surface area contributed by atoms with Gasteiger partial charge in [0.25, 0.3) is 0 Å². The summed E-state index contributed by atoms with van der Waals surface area (Å²) in [7, 11) is 0. The molecule has 2 heteroatoms. The van der Waals surface area contributed by atoms with E-state index in [2.05, 4.69) is 0 Å². The van der Waals surface area contributed by atoms with Gasteiger partial charge in [-0.3, -0.25) is 9.59 Å². The number of hydrogen-bond donors (Lipinski definition) is 0. The first-order valence-corrected chi connectivity index (χ1v) is 8.94. The van der Waals surface area contributed by atoms with Crippen LogP contribution in [0.3, 0.4) is 0 Å². The van der Waals surface area contributed by atoms with Crippen molar-refractivity contribution in [3.8, 4) is 0 Å². The Morgan fingerprint density at radius 3 is 1.21 bits per heavy atom. The zero-order chi connectivity index (χ0) is 16.4. The number of hydrogen-bond acceptors (Lipinski definition) is 2. The molecule has 5 rings (SSSR count). The topological polar surface area (TPSA) is 34.1 Å². The lowest BCUT2D eigenvalue weighted by atomic mass is 9.43. The summed E-state index contributed by atoms with van der Waals surface area (Å²) in [6, 6.07) is 19.5. The third-order valence-electron chi connectivity index (χ3n) is 6.27. The summed E-state index contributed by atoms with van der Waals surface area (Å²) in [6.45, 7) is 0. The molecule has 0 aromatic heterocycles. The molecule has 0 bridgehead atoms. The van der Waals surface area contributed by atoms with Crippen molar-refractivity contribution in [2.75, 3.05) is 0 Å². The van der Waals surface area contributed by atoms with Crippen molar-refractivity contribution in [2.45, 2.75) is 36.5 Å². The smallest absolute Gasteiger partial charge is 0.169 e. The maximum atomic E-state index is 13.8. The first-order valence-electron chi connectivity index (χ1n) is 8.94. The second kappa shape index (κ2) is 4.66. The van der Waals surface area contributed by atoms with Crippen LogP contribution in [0.15, 0.2) is 60.7 Å². The van der Waals surface area contributed by atoms with Crippen LogP contribution < -0.4 is 0 Å². The Morgan fingerprint density at radius 2 is 0.917 bits per heavy atom. The number of carbonyl (C=O) groups excluding carboxylic acids is 2. The molecule has 3 saturated carbocycles. The van der Waals surface area contributed by atoms with Gasteiger partial charge in [-0.15, -0.1) is 0 Å². The zero-order valence-corrected chi connectivity index (χ0v) is 13.6. The van der Waals surface area contributed by atoms with E-state index >= 15 is 0 Å². The van der Waals surface area contributed by atoms with E-state index in [4.69, 9.17) is 0 Å². The second-order valence-electron chi connectivity index (χ2n) is 7.55. The molecular weight excluding hydrogens is 296 g/mol. The molecule has 0 radical (unpaired) electrons. The minimum atomic E-state index is -0.875. The maximum Gasteiger partial charge on any atom is 0.169 e. The van der Waals surface area contributed by atoms with E-state index in [0.717, 1.165) is 36.8 Å². The molecule has 0 N–H and O–H groups in total. The second-order valence-corrected chi connectivity index (χ2v) is 7.55. The quantitative estimate of drug-likeness (QED) is 0.803. The highest BCUT2D eigenvalue weighted by molar-refractivity contribution is 6.39. The van der Waals surface area contributed by atoms with Crippen LogP contribution in [-0.4, -0.2) is 11.6 Å². The van der Waals surface area contributed by atoms with E-state index in [1.54, 1.807) is 0 Å². The van der Waals surface area contributed by atoms with E-state index in [-0.39, 0.29) is 23.4 Å². The van der Waals surface area contributed by atoms with Crippen LogP contribution in [0, 0.1) is 11.8 Å². The third kappa shape index (κ3) is 1.52. The Bertz CT molecular complexity index is 730. The van der Waals surface area contributed by atoms with Crippen molar-refractivity contribution in [3.05, 3.63) is 71.8 Å². The van der Waals surface area contributed by atoms with Gasteiger partial charge in [-0.05, 0) is 48.6 Å². The van der Waals surface area contributed by atoms with Crippen LogP contribution in [0.25, 0.3) is 0 Å². The zero-order valence-electron chi connectivity index (χ0n) is 13.6. The van der Waals surface area contributed by atoms with Gasteiger partial charge < -0.3 is 0 Å². The molecular formula is C22H20O2. The summed E-state index contributed by atoms with van der Waals surface area (Å²) in [5, 5.41) is 0. The first kappa shape index (κ1) is 14.2. The molecule has 2 nitrogen and oxygen atoms in total. The van der Waals surface area contributed by atoms with E-state index in [0.29, 0.717) is 0 Å². The lowest BCUT2D eigenvalue weighted by molar-refractivity contribution is -0.160. The van der Waals surface area contributed by atoms with Crippen molar-refractivity contribution in [1.82, 2.24) is 0 Å².